The molecule has 0 unspecified atom stereocenters. The molecule has 0 radical (unpaired) electrons. The number of thioether (sulfide) groups is 1. The highest BCUT2D eigenvalue weighted by Gasteiger charge is 2.51. The Labute approximate surface area is 177 Å². The molecule has 6 nitrogen and oxygen atoms in total. The second-order valence-corrected chi connectivity index (χ2v) is 11.2. The maximum absolute atomic E-state index is 13.5. The predicted octanol–water partition coefficient (Wildman–Crippen LogP) is 2.46. The summed E-state index contributed by atoms with van der Waals surface area (Å²) in [6.45, 7) is 0.818. The van der Waals surface area contributed by atoms with Crippen molar-refractivity contribution in [1.82, 2.24) is 10.6 Å². The lowest BCUT2D eigenvalue weighted by Gasteiger charge is -2.35. The number of piperidine rings is 1. The molecule has 158 valence electrons. The molecule has 0 aromatic heterocycles. The van der Waals surface area contributed by atoms with Gasteiger partial charge in [-0.1, -0.05) is 19.3 Å². The summed E-state index contributed by atoms with van der Waals surface area (Å²) in [5, 5.41) is 14.9. The molecular weight excluding hydrogens is 408 g/mol. The van der Waals surface area contributed by atoms with Gasteiger partial charge in [0.1, 0.15) is 6.11 Å². The molecule has 1 saturated carbocycles. The highest BCUT2D eigenvalue weighted by atomic mass is 32.2. The topological polar surface area (TPSA) is 95.5 Å². The number of hydrogen-bond acceptors (Lipinski definition) is 6. The first-order valence-corrected chi connectivity index (χ1v) is 12.5. The van der Waals surface area contributed by atoms with Crippen LogP contribution in [-0.2, 0) is 14.6 Å². The van der Waals surface area contributed by atoms with Crippen molar-refractivity contribution in [1.29, 1.82) is 0 Å². The van der Waals surface area contributed by atoms with Gasteiger partial charge in [0, 0.05) is 10.1 Å². The molecule has 2 fully saturated rings. The summed E-state index contributed by atoms with van der Waals surface area (Å²) in [5.41, 5.74) is 0. The van der Waals surface area contributed by atoms with E-state index in [0.717, 1.165) is 4.90 Å². The van der Waals surface area contributed by atoms with Crippen molar-refractivity contribution in [2.45, 2.75) is 64.7 Å². The highest BCUT2D eigenvalue weighted by molar-refractivity contribution is 8.00. The Bertz CT molecular complexity index is 860. The quantitative estimate of drug-likeness (QED) is 0.593. The van der Waals surface area contributed by atoms with Gasteiger partial charge >= 0.3 is 0 Å². The van der Waals surface area contributed by atoms with Crippen LogP contribution < -0.4 is 10.6 Å². The van der Waals surface area contributed by atoms with Gasteiger partial charge in [-0.25, -0.2) is 8.42 Å². The van der Waals surface area contributed by atoms with Gasteiger partial charge in [-0.3, -0.25) is 4.79 Å². The van der Waals surface area contributed by atoms with Crippen LogP contribution in [0, 0.1) is 12.0 Å². The number of aliphatic hydroxyl groups is 1. The molecule has 1 aliphatic heterocycles. The molecule has 0 atom stereocenters. The zero-order valence-corrected chi connectivity index (χ0v) is 18.1. The lowest BCUT2D eigenvalue weighted by atomic mass is 9.96. The Morgan fingerprint density at radius 3 is 2.45 bits per heavy atom. The molecule has 1 amide bonds. The van der Waals surface area contributed by atoms with E-state index in [4.69, 9.17) is 5.11 Å². The van der Waals surface area contributed by atoms with Crippen molar-refractivity contribution in [2.24, 2.45) is 0 Å². The number of hydrogen-bond donors (Lipinski definition) is 3. The van der Waals surface area contributed by atoms with E-state index in [9.17, 15) is 13.2 Å². The van der Waals surface area contributed by atoms with Crippen LogP contribution in [0.4, 0.5) is 0 Å². The zero-order valence-electron chi connectivity index (χ0n) is 16.4. The Kier molecular flexibility index (Phi) is 7.49. The molecule has 1 aromatic rings. The van der Waals surface area contributed by atoms with Gasteiger partial charge in [0.15, 0.2) is 14.6 Å². The number of amides is 1. The smallest absolute Gasteiger partial charge is 0.242 e. The Morgan fingerprint density at radius 1 is 1.17 bits per heavy atom. The van der Waals surface area contributed by atoms with E-state index in [0.29, 0.717) is 18.3 Å². The number of aliphatic hydroxyl groups excluding tert-OH is 1. The molecule has 3 rings (SSSR count). The lowest BCUT2D eigenvalue weighted by molar-refractivity contribution is -0.124. The van der Waals surface area contributed by atoms with Gasteiger partial charge < -0.3 is 15.7 Å². The van der Waals surface area contributed by atoms with Crippen LogP contribution in [0.5, 0.6) is 0 Å². The normalized spacial score (nSPS) is 19.7. The van der Waals surface area contributed by atoms with Crippen LogP contribution in [-0.4, -0.2) is 49.1 Å². The minimum Gasteiger partial charge on any atom is -0.462 e. The standard InChI is InChI=1S/C21H28N2O4S2/c24-16-4-13-23-20(25)21(11-14-22-15-12-21)29(26,27)19-9-7-18(8-10-19)28-17-5-2-1-3-6-17/h7-10,17,22,24H,1-3,5-6,11-15H2,(H,23,25). The van der Waals surface area contributed by atoms with Crippen molar-refractivity contribution in [3.05, 3.63) is 24.3 Å². The maximum Gasteiger partial charge on any atom is 0.242 e. The molecule has 0 bridgehead atoms. The molecular formula is C21H28N2O4S2. The number of sulfone groups is 1. The van der Waals surface area contributed by atoms with E-state index in [1.807, 2.05) is 23.9 Å². The third kappa shape index (κ3) is 4.90. The van der Waals surface area contributed by atoms with Gasteiger partial charge in [-0.2, -0.15) is 0 Å². The number of benzene rings is 1. The first-order chi connectivity index (χ1) is 14.0. The Hall–Kier alpha value is -1.69. The molecule has 2 aliphatic rings. The SMILES string of the molecule is O=C(NCC#CO)C1(S(=O)(=O)c2ccc(SC3CCCCC3)cc2)CCNCC1. The predicted molar refractivity (Wildman–Crippen MR) is 114 cm³/mol. The first-order valence-electron chi connectivity index (χ1n) is 10.1. The monoisotopic (exact) mass is 436 g/mol. The number of carbonyl (C=O) groups is 1. The van der Waals surface area contributed by atoms with Crippen LogP contribution in [0.1, 0.15) is 44.9 Å². The minimum absolute atomic E-state index is 0.0863. The Balaban J connectivity index is 1.81. The molecule has 1 aromatic carbocycles. The van der Waals surface area contributed by atoms with Gasteiger partial charge in [-0.15, -0.1) is 11.8 Å². The molecule has 1 heterocycles. The third-order valence-electron chi connectivity index (χ3n) is 5.74. The fourth-order valence-electron chi connectivity index (χ4n) is 4.07. The summed E-state index contributed by atoms with van der Waals surface area (Å²) in [4.78, 5) is 14.1. The lowest BCUT2D eigenvalue weighted by Crippen LogP contribution is -2.57. The molecule has 29 heavy (non-hydrogen) atoms. The van der Waals surface area contributed by atoms with Gasteiger partial charge in [0.05, 0.1) is 11.4 Å². The third-order valence-corrected chi connectivity index (χ3v) is 9.61. The summed E-state index contributed by atoms with van der Waals surface area (Å²) in [7, 11) is -3.88. The van der Waals surface area contributed by atoms with E-state index < -0.39 is 20.5 Å². The largest absolute Gasteiger partial charge is 0.462 e. The van der Waals surface area contributed by atoms with E-state index in [1.54, 1.807) is 18.2 Å². The summed E-state index contributed by atoms with van der Waals surface area (Å²) < 4.78 is 25.5. The average molecular weight is 437 g/mol. The van der Waals surface area contributed by atoms with E-state index in [-0.39, 0.29) is 24.3 Å². The summed E-state index contributed by atoms with van der Waals surface area (Å²) in [6.07, 6.45) is 8.36. The van der Waals surface area contributed by atoms with Crippen molar-refractivity contribution >= 4 is 27.5 Å². The average Bonchev–Trinajstić information content (AvgIpc) is 2.75. The van der Waals surface area contributed by atoms with Crippen LogP contribution in [0.2, 0.25) is 0 Å². The molecule has 1 aliphatic carbocycles. The van der Waals surface area contributed by atoms with Crippen LogP contribution in [0.3, 0.4) is 0 Å². The van der Waals surface area contributed by atoms with Gasteiger partial charge in [0.25, 0.3) is 0 Å². The van der Waals surface area contributed by atoms with Crippen molar-refractivity contribution in [3.63, 3.8) is 0 Å². The summed E-state index contributed by atoms with van der Waals surface area (Å²) in [5.74, 6) is 1.78. The molecule has 8 heteroatoms. The second kappa shape index (κ2) is 9.88. The molecule has 1 saturated heterocycles. The summed E-state index contributed by atoms with van der Waals surface area (Å²) >= 11 is 1.82. The first kappa shape index (κ1) is 22.0. The van der Waals surface area contributed by atoms with Gasteiger partial charge in [-0.05, 0) is 69.0 Å². The maximum atomic E-state index is 13.5. The van der Waals surface area contributed by atoms with Crippen LogP contribution >= 0.6 is 11.8 Å². The molecule has 0 spiro atoms. The second-order valence-electron chi connectivity index (χ2n) is 7.57. The van der Waals surface area contributed by atoms with E-state index in [2.05, 4.69) is 16.6 Å². The van der Waals surface area contributed by atoms with E-state index >= 15 is 0 Å². The fraction of sp³-hybridized carbons (Fsp3) is 0.571. The summed E-state index contributed by atoms with van der Waals surface area (Å²) in [6, 6.07) is 6.97. The van der Waals surface area contributed by atoms with Crippen molar-refractivity contribution in [2.75, 3.05) is 19.6 Å². The number of nitrogens with one attached hydrogen (secondary N) is 2. The van der Waals surface area contributed by atoms with Crippen LogP contribution in [0.15, 0.2) is 34.1 Å². The van der Waals surface area contributed by atoms with Gasteiger partial charge in [0.2, 0.25) is 5.91 Å². The number of rotatable bonds is 6. The number of carbonyl (C=O) groups excluding carboxylic acids is 1. The van der Waals surface area contributed by atoms with Crippen LogP contribution in [0.25, 0.3) is 0 Å². The van der Waals surface area contributed by atoms with Crippen molar-refractivity contribution < 1.29 is 18.3 Å². The minimum atomic E-state index is -3.88. The highest BCUT2D eigenvalue weighted by Crippen LogP contribution is 2.37. The Morgan fingerprint density at radius 2 is 1.83 bits per heavy atom. The van der Waals surface area contributed by atoms with Crippen molar-refractivity contribution in [3.8, 4) is 12.0 Å². The molecule has 3 N–H and O–H groups in total. The zero-order chi connectivity index (χ0) is 20.7. The fourth-order valence-corrected chi connectivity index (χ4v) is 7.32. The van der Waals surface area contributed by atoms with E-state index in [1.165, 1.54) is 32.1 Å².